The number of methoxy groups -OCH3 is 1. The summed E-state index contributed by atoms with van der Waals surface area (Å²) in [4.78, 5) is 0. The average molecular weight is 303 g/mol. The Labute approximate surface area is 124 Å². The van der Waals surface area contributed by atoms with Gasteiger partial charge in [0.2, 0.25) is 0 Å². The van der Waals surface area contributed by atoms with Crippen LogP contribution in [0.25, 0.3) is 0 Å². The minimum atomic E-state index is -4.28. The third-order valence-electron chi connectivity index (χ3n) is 3.37. The first-order valence-corrected chi connectivity index (χ1v) is 7.25. The van der Waals surface area contributed by atoms with Gasteiger partial charge in [0.1, 0.15) is 0 Å². The van der Waals surface area contributed by atoms with Gasteiger partial charge in [-0.05, 0) is 36.9 Å². The van der Waals surface area contributed by atoms with E-state index in [4.69, 9.17) is 4.74 Å². The Bertz CT molecular complexity index is 420. The van der Waals surface area contributed by atoms with Crippen molar-refractivity contribution in [2.45, 2.75) is 38.9 Å². The lowest BCUT2D eigenvalue weighted by molar-refractivity contribution is -0.137. The zero-order valence-electron chi connectivity index (χ0n) is 12.8. The monoisotopic (exact) mass is 303 g/mol. The van der Waals surface area contributed by atoms with E-state index >= 15 is 0 Å². The van der Waals surface area contributed by atoms with Crippen LogP contribution in [0.1, 0.15) is 31.4 Å². The number of hydrogen-bond donors (Lipinski definition) is 1. The van der Waals surface area contributed by atoms with Crippen LogP contribution in [0, 0.1) is 5.92 Å². The molecule has 5 heteroatoms. The van der Waals surface area contributed by atoms with E-state index < -0.39 is 11.7 Å². The van der Waals surface area contributed by atoms with Crippen LogP contribution in [0.5, 0.6) is 0 Å². The summed E-state index contributed by atoms with van der Waals surface area (Å²) in [7, 11) is 1.66. The molecular formula is C16H24F3NO. The molecule has 0 bridgehead atoms. The molecule has 1 aromatic rings. The largest absolute Gasteiger partial charge is 0.416 e. The zero-order valence-corrected chi connectivity index (χ0v) is 12.8. The van der Waals surface area contributed by atoms with Gasteiger partial charge in [0.15, 0.2) is 0 Å². The van der Waals surface area contributed by atoms with Crippen molar-refractivity contribution in [2.24, 2.45) is 5.92 Å². The normalized spacial score (nSPS) is 15.0. The molecule has 0 saturated carbocycles. The first-order valence-electron chi connectivity index (χ1n) is 7.25. The number of alkyl halides is 3. The van der Waals surface area contributed by atoms with Gasteiger partial charge in [0.25, 0.3) is 0 Å². The van der Waals surface area contributed by atoms with Gasteiger partial charge in [-0.2, -0.15) is 13.2 Å². The first-order chi connectivity index (χ1) is 9.86. The summed E-state index contributed by atoms with van der Waals surface area (Å²) in [6, 6.07) is 5.73. The molecule has 0 aliphatic heterocycles. The number of hydrogen-bond acceptors (Lipinski definition) is 2. The molecule has 0 heterocycles. The highest BCUT2D eigenvalue weighted by molar-refractivity contribution is 5.26. The molecule has 1 rings (SSSR count). The lowest BCUT2D eigenvalue weighted by atomic mass is 9.95. The van der Waals surface area contributed by atoms with Crippen molar-refractivity contribution in [2.75, 3.05) is 20.3 Å². The highest BCUT2D eigenvalue weighted by Gasteiger charge is 2.30. The van der Waals surface area contributed by atoms with Crippen molar-refractivity contribution in [1.82, 2.24) is 5.32 Å². The summed E-state index contributed by atoms with van der Waals surface area (Å²) < 4.78 is 43.3. The van der Waals surface area contributed by atoms with E-state index in [0.29, 0.717) is 24.5 Å². The zero-order chi connectivity index (χ0) is 15.9. The third kappa shape index (κ3) is 6.48. The van der Waals surface area contributed by atoms with E-state index in [2.05, 4.69) is 12.2 Å². The highest BCUT2D eigenvalue weighted by Crippen LogP contribution is 2.29. The maximum Gasteiger partial charge on any atom is 0.416 e. The maximum absolute atomic E-state index is 12.7. The number of halogens is 3. The maximum atomic E-state index is 12.7. The Hall–Kier alpha value is -1.07. The van der Waals surface area contributed by atoms with Crippen molar-refractivity contribution in [3.63, 3.8) is 0 Å². The number of nitrogens with one attached hydrogen (secondary N) is 1. The number of benzene rings is 1. The van der Waals surface area contributed by atoms with Gasteiger partial charge in [-0.1, -0.05) is 32.0 Å². The van der Waals surface area contributed by atoms with Crippen molar-refractivity contribution in [3.8, 4) is 0 Å². The second-order valence-electron chi connectivity index (χ2n) is 5.45. The van der Waals surface area contributed by atoms with Gasteiger partial charge in [0.05, 0.1) is 5.56 Å². The fourth-order valence-corrected chi connectivity index (χ4v) is 2.52. The Morgan fingerprint density at radius 3 is 2.57 bits per heavy atom. The second-order valence-corrected chi connectivity index (χ2v) is 5.45. The van der Waals surface area contributed by atoms with Crippen molar-refractivity contribution in [3.05, 3.63) is 35.4 Å². The molecule has 0 radical (unpaired) electrons. The predicted molar refractivity (Wildman–Crippen MR) is 78.3 cm³/mol. The van der Waals surface area contributed by atoms with E-state index in [9.17, 15) is 13.2 Å². The quantitative estimate of drug-likeness (QED) is 0.786. The molecule has 1 aromatic carbocycles. The van der Waals surface area contributed by atoms with Gasteiger partial charge in [0, 0.05) is 19.8 Å². The predicted octanol–water partition coefficient (Wildman–Crippen LogP) is 3.90. The Morgan fingerprint density at radius 2 is 2.00 bits per heavy atom. The van der Waals surface area contributed by atoms with Gasteiger partial charge >= 0.3 is 6.18 Å². The van der Waals surface area contributed by atoms with Gasteiger partial charge in [-0.25, -0.2) is 0 Å². The van der Waals surface area contributed by atoms with Gasteiger partial charge < -0.3 is 10.1 Å². The van der Waals surface area contributed by atoms with Crippen LogP contribution in [0.15, 0.2) is 24.3 Å². The smallest absolute Gasteiger partial charge is 0.384 e. The minimum absolute atomic E-state index is 0.156. The minimum Gasteiger partial charge on any atom is -0.384 e. The molecule has 0 aliphatic rings. The number of likely N-dealkylation sites (N-methyl/N-ethyl adjacent to an activating group) is 1. The molecule has 0 spiro atoms. The van der Waals surface area contributed by atoms with Gasteiger partial charge in [-0.15, -0.1) is 0 Å². The van der Waals surface area contributed by atoms with Crippen LogP contribution >= 0.6 is 0 Å². The van der Waals surface area contributed by atoms with Crippen LogP contribution < -0.4 is 5.32 Å². The van der Waals surface area contributed by atoms with Gasteiger partial charge in [-0.3, -0.25) is 0 Å². The fraction of sp³-hybridized carbons (Fsp3) is 0.625. The van der Waals surface area contributed by atoms with Crippen molar-refractivity contribution < 1.29 is 17.9 Å². The SMILES string of the molecule is CCNC(Cc1cccc(C(F)(F)F)c1)CC(C)COC. The first kappa shape index (κ1) is 18.0. The summed E-state index contributed by atoms with van der Waals surface area (Å²) >= 11 is 0. The molecule has 0 amide bonds. The summed E-state index contributed by atoms with van der Waals surface area (Å²) in [5.74, 6) is 0.366. The van der Waals surface area contributed by atoms with E-state index in [1.165, 1.54) is 12.1 Å². The Morgan fingerprint density at radius 1 is 1.29 bits per heavy atom. The van der Waals surface area contributed by atoms with Crippen LogP contribution in [-0.2, 0) is 17.3 Å². The number of rotatable bonds is 8. The van der Waals surface area contributed by atoms with Crippen molar-refractivity contribution in [1.29, 1.82) is 0 Å². The summed E-state index contributed by atoms with van der Waals surface area (Å²) in [6.07, 6.45) is -2.82. The lowest BCUT2D eigenvalue weighted by Crippen LogP contribution is -2.33. The van der Waals surface area contributed by atoms with E-state index in [-0.39, 0.29) is 6.04 Å². The standard InChI is InChI=1S/C16H24F3NO/c1-4-20-15(8-12(2)11-21-3)10-13-6-5-7-14(9-13)16(17,18)19/h5-7,9,12,15,20H,4,8,10-11H2,1-3H3. The Balaban J connectivity index is 2.74. The second kappa shape index (κ2) is 8.39. The van der Waals surface area contributed by atoms with Crippen LogP contribution in [0.4, 0.5) is 13.2 Å². The molecule has 0 aromatic heterocycles. The third-order valence-corrected chi connectivity index (χ3v) is 3.37. The van der Waals surface area contributed by atoms with Crippen molar-refractivity contribution >= 4 is 0 Å². The molecule has 2 atom stereocenters. The highest BCUT2D eigenvalue weighted by atomic mass is 19.4. The number of ether oxygens (including phenoxy) is 1. The molecule has 0 aliphatic carbocycles. The summed E-state index contributed by atoms with van der Waals surface area (Å²) in [5, 5.41) is 3.34. The van der Waals surface area contributed by atoms with E-state index in [1.54, 1.807) is 13.2 Å². The molecule has 2 unspecified atom stereocenters. The van der Waals surface area contributed by atoms with Crippen LogP contribution in [-0.4, -0.2) is 26.3 Å². The van der Waals surface area contributed by atoms with E-state index in [0.717, 1.165) is 19.0 Å². The lowest BCUT2D eigenvalue weighted by Gasteiger charge is -2.22. The van der Waals surface area contributed by atoms with Crippen LogP contribution in [0.3, 0.4) is 0 Å². The molecule has 120 valence electrons. The average Bonchev–Trinajstić information content (AvgIpc) is 2.38. The fourth-order valence-electron chi connectivity index (χ4n) is 2.52. The Kier molecular flexibility index (Phi) is 7.18. The summed E-state index contributed by atoms with van der Waals surface area (Å²) in [5.41, 5.74) is 0.126. The van der Waals surface area contributed by atoms with E-state index in [1.807, 2.05) is 6.92 Å². The van der Waals surface area contributed by atoms with Crippen LogP contribution in [0.2, 0.25) is 0 Å². The molecule has 0 saturated heterocycles. The molecule has 21 heavy (non-hydrogen) atoms. The molecule has 2 nitrogen and oxygen atoms in total. The molecule has 1 N–H and O–H groups in total. The molecule has 0 fully saturated rings. The topological polar surface area (TPSA) is 21.3 Å². The molecular weight excluding hydrogens is 279 g/mol. The summed E-state index contributed by atoms with van der Waals surface area (Å²) in [6.45, 7) is 5.54.